The molecule has 5 nitrogen and oxygen atoms in total. The van der Waals surface area contributed by atoms with Gasteiger partial charge in [0.15, 0.2) is 0 Å². The van der Waals surface area contributed by atoms with Crippen molar-refractivity contribution in [3.8, 4) is 0 Å². The molecule has 5 heteroatoms. The molecule has 2 N–H and O–H groups in total. The van der Waals surface area contributed by atoms with Gasteiger partial charge >= 0.3 is 0 Å². The Labute approximate surface area is 103 Å². The van der Waals surface area contributed by atoms with Crippen LogP contribution in [-0.4, -0.2) is 41.3 Å². The van der Waals surface area contributed by atoms with Crippen LogP contribution in [0.2, 0.25) is 0 Å². The largest absolute Gasteiger partial charge is 0.396 e. The first-order valence-electron chi connectivity index (χ1n) is 5.94. The Balaban J connectivity index is 2.62. The van der Waals surface area contributed by atoms with Crippen LogP contribution < -0.4 is 5.32 Å². The van der Waals surface area contributed by atoms with Crippen LogP contribution in [-0.2, 0) is 11.8 Å². The minimum absolute atomic E-state index is 0.166. The normalized spacial score (nSPS) is 14.9. The van der Waals surface area contributed by atoms with Gasteiger partial charge in [0.2, 0.25) is 0 Å². The third kappa shape index (κ3) is 4.11. The van der Waals surface area contributed by atoms with E-state index in [1.807, 2.05) is 24.9 Å². The third-order valence-corrected chi connectivity index (χ3v) is 2.85. The summed E-state index contributed by atoms with van der Waals surface area (Å²) in [7, 11) is 3.59. The first kappa shape index (κ1) is 14.2. The van der Waals surface area contributed by atoms with Crippen LogP contribution in [0.25, 0.3) is 0 Å². The van der Waals surface area contributed by atoms with Gasteiger partial charge in [0, 0.05) is 44.6 Å². The molecule has 2 unspecified atom stereocenters. The van der Waals surface area contributed by atoms with Crippen molar-refractivity contribution in [3.63, 3.8) is 0 Å². The van der Waals surface area contributed by atoms with E-state index in [2.05, 4.69) is 17.3 Å². The van der Waals surface area contributed by atoms with Crippen molar-refractivity contribution in [3.05, 3.63) is 17.5 Å². The van der Waals surface area contributed by atoms with Crippen molar-refractivity contribution >= 4 is 0 Å². The summed E-state index contributed by atoms with van der Waals surface area (Å²) in [4.78, 5) is 0. The van der Waals surface area contributed by atoms with Crippen molar-refractivity contribution in [1.29, 1.82) is 0 Å². The van der Waals surface area contributed by atoms with Gasteiger partial charge in [-0.3, -0.25) is 4.68 Å². The van der Waals surface area contributed by atoms with E-state index in [-0.39, 0.29) is 18.7 Å². The number of methoxy groups -OCH3 is 1. The number of ether oxygens (including phenoxy) is 1. The van der Waals surface area contributed by atoms with E-state index >= 15 is 0 Å². The van der Waals surface area contributed by atoms with Crippen LogP contribution in [0.15, 0.2) is 6.20 Å². The predicted octanol–water partition coefficient (Wildman–Crippen LogP) is 0.777. The van der Waals surface area contributed by atoms with E-state index in [0.717, 1.165) is 5.69 Å². The smallest absolute Gasteiger partial charge is 0.0641 e. The Bertz CT molecular complexity index is 332. The number of hydrogen-bond donors (Lipinski definition) is 2. The van der Waals surface area contributed by atoms with E-state index in [4.69, 9.17) is 9.84 Å². The van der Waals surface area contributed by atoms with Crippen molar-refractivity contribution in [1.82, 2.24) is 15.1 Å². The Hall–Kier alpha value is -0.910. The molecule has 0 fully saturated rings. The lowest BCUT2D eigenvalue weighted by atomic mass is 10.1. The highest BCUT2D eigenvalue weighted by molar-refractivity contribution is 5.19. The summed E-state index contributed by atoms with van der Waals surface area (Å²) in [5, 5.41) is 16.8. The Morgan fingerprint density at radius 3 is 2.76 bits per heavy atom. The molecule has 0 spiro atoms. The second kappa shape index (κ2) is 6.74. The van der Waals surface area contributed by atoms with Crippen LogP contribution in [0.3, 0.4) is 0 Å². The summed E-state index contributed by atoms with van der Waals surface area (Å²) < 4.78 is 6.95. The van der Waals surface area contributed by atoms with Gasteiger partial charge < -0.3 is 15.2 Å². The number of rotatable bonds is 7. The van der Waals surface area contributed by atoms with Gasteiger partial charge in [-0.1, -0.05) is 0 Å². The molecule has 1 rings (SSSR count). The molecule has 1 heterocycles. The molecule has 1 aromatic rings. The molecular formula is C12H23N3O2. The molecule has 98 valence electrons. The Morgan fingerprint density at radius 2 is 2.29 bits per heavy atom. The highest BCUT2D eigenvalue weighted by atomic mass is 16.5. The fourth-order valence-electron chi connectivity index (χ4n) is 2.06. The van der Waals surface area contributed by atoms with Crippen LogP contribution in [0.5, 0.6) is 0 Å². The maximum absolute atomic E-state index is 8.99. The number of nitrogens with zero attached hydrogens (tertiary/aromatic N) is 2. The molecule has 0 bridgehead atoms. The maximum Gasteiger partial charge on any atom is 0.0641 e. The second-order valence-electron chi connectivity index (χ2n) is 4.40. The SMILES string of the molecule is COCC(CCO)NC(C)c1cn(C)nc1C. The van der Waals surface area contributed by atoms with Crippen molar-refractivity contribution in [2.24, 2.45) is 7.05 Å². The number of hydrogen-bond acceptors (Lipinski definition) is 4. The van der Waals surface area contributed by atoms with E-state index in [9.17, 15) is 0 Å². The van der Waals surface area contributed by atoms with Gasteiger partial charge in [-0.2, -0.15) is 5.10 Å². The summed E-state index contributed by atoms with van der Waals surface area (Å²) in [5.41, 5.74) is 2.22. The van der Waals surface area contributed by atoms with Gasteiger partial charge in [0.05, 0.1) is 12.3 Å². The van der Waals surface area contributed by atoms with Gasteiger partial charge in [-0.15, -0.1) is 0 Å². The monoisotopic (exact) mass is 241 g/mol. The predicted molar refractivity (Wildman–Crippen MR) is 66.9 cm³/mol. The van der Waals surface area contributed by atoms with Crippen LogP contribution in [0.4, 0.5) is 0 Å². The summed E-state index contributed by atoms with van der Waals surface area (Å²) in [5.74, 6) is 0. The molecular weight excluding hydrogens is 218 g/mol. The van der Waals surface area contributed by atoms with Gasteiger partial charge in [-0.25, -0.2) is 0 Å². The molecule has 2 atom stereocenters. The number of aromatic nitrogens is 2. The van der Waals surface area contributed by atoms with Crippen molar-refractivity contribution in [2.75, 3.05) is 20.3 Å². The summed E-state index contributed by atoms with van der Waals surface area (Å²) in [6, 6.07) is 0.370. The Kier molecular flexibility index (Phi) is 5.61. The molecule has 0 radical (unpaired) electrons. The number of aliphatic hydroxyl groups excluding tert-OH is 1. The van der Waals surface area contributed by atoms with Crippen molar-refractivity contribution < 1.29 is 9.84 Å². The molecule has 0 amide bonds. The lowest BCUT2D eigenvalue weighted by molar-refractivity contribution is 0.143. The fraction of sp³-hybridized carbons (Fsp3) is 0.750. The molecule has 17 heavy (non-hydrogen) atoms. The lowest BCUT2D eigenvalue weighted by Crippen LogP contribution is -2.36. The highest BCUT2D eigenvalue weighted by Crippen LogP contribution is 2.16. The zero-order chi connectivity index (χ0) is 12.8. The summed E-state index contributed by atoms with van der Waals surface area (Å²) >= 11 is 0. The minimum atomic E-state index is 0.166. The number of aliphatic hydroxyl groups is 1. The van der Waals surface area contributed by atoms with Crippen LogP contribution in [0.1, 0.15) is 30.6 Å². The van der Waals surface area contributed by atoms with Crippen LogP contribution >= 0.6 is 0 Å². The molecule has 0 aliphatic heterocycles. The molecule has 1 aromatic heterocycles. The molecule has 0 aromatic carbocycles. The first-order chi connectivity index (χ1) is 8.08. The average molecular weight is 241 g/mol. The van der Waals surface area contributed by atoms with Gasteiger partial charge in [0.1, 0.15) is 0 Å². The van der Waals surface area contributed by atoms with E-state index in [0.29, 0.717) is 13.0 Å². The standard InChI is InChI=1S/C12H23N3O2/c1-9(12-7-15(3)14-10(12)2)13-11(5-6-16)8-17-4/h7,9,11,13,16H,5-6,8H2,1-4H3. The van der Waals surface area contributed by atoms with E-state index < -0.39 is 0 Å². The zero-order valence-corrected chi connectivity index (χ0v) is 11.1. The first-order valence-corrected chi connectivity index (χ1v) is 5.94. The summed E-state index contributed by atoms with van der Waals surface area (Å²) in [6.45, 7) is 4.87. The zero-order valence-electron chi connectivity index (χ0n) is 11.1. The van der Waals surface area contributed by atoms with E-state index in [1.54, 1.807) is 7.11 Å². The lowest BCUT2D eigenvalue weighted by Gasteiger charge is -2.22. The quantitative estimate of drug-likeness (QED) is 0.740. The maximum atomic E-state index is 8.99. The molecule has 0 aliphatic carbocycles. The van der Waals surface area contributed by atoms with Gasteiger partial charge in [-0.05, 0) is 20.3 Å². The average Bonchev–Trinajstić information content (AvgIpc) is 2.58. The molecule has 0 aliphatic rings. The molecule has 0 saturated heterocycles. The highest BCUT2D eigenvalue weighted by Gasteiger charge is 2.16. The minimum Gasteiger partial charge on any atom is -0.396 e. The van der Waals surface area contributed by atoms with Crippen LogP contribution in [0, 0.1) is 6.92 Å². The Morgan fingerprint density at radius 1 is 1.59 bits per heavy atom. The second-order valence-corrected chi connectivity index (χ2v) is 4.40. The van der Waals surface area contributed by atoms with Gasteiger partial charge in [0.25, 0.3) is 0 Å². The topological polar surface area (TPSA) is 59.3 Å². The molecule has 0 saturated carbocycles. The summed E-state index contributed by atoms with van der Waals surface area (Å²) in [6.07, 6.45) is 2.72. The number of nitrogens with one attached hydrogen (secondary N) is 1. The van der Waals surface area contributed by atoms with Crippen molar-refractivity contribution in [2.45, 2.75) is 32.4 Å². The fourth-order valence-corrected chi connectivity index (χ4v) is 2.06. The number of aryl methyl sites for hydroxylation is 2. The van der Waals surface area contributed by atoms with E-state index in [1.165, 1.54) is 5.56 Å². The third-order valence-electron chi connectivity index (χ3n) is 2.85.